The maximum atomic E-state index is 12.8. The van der Waals surface area contributed by atoms with Crippen LogP contribution < -0.4 is 16.6 Å². The maximum Gasteiger partial charge on any atom is 0.355 e. The van der Waals surface area contributed by atoms with Gasteiger partial charge in [0, 0.05) is 16.9 Å². The van der Waals surface area contributed by atoms with Crippen LogP contribution in [-0.4, -0.2) is 16.1 Å². The molecule has 0 spiro atoms. The molecule has 98 valence electrons. The standard InChI is InChI=1S/C9H9BrF2N4O2/c10-4-1-5(7(11)12)8(15-3-4)16(14)6(2-13)9(17)18/h1-3,7H,13-14H2,(H,17,18)/b6-2-. The van der Waals surface area contributed by atoms with Crippen LogP contribution in [-0.2, 0) is 4.79 Å². The molecule has 0 aliphatic carbocycles. The molecule has 0 atom stereocenters. The number of halogens is 3. The quantitative estimate of drug-likeness (QED) is 0.439. The van der Waals surface area contributed by atoms with Gasteiger partial charge < -0.3 is 10.8 Å². The number of rotatable bonds is 4. The zero-order chi connectivity index (χ0) is 13.9. The predicted molar refractivity (Wildman–Crippen MR) is 63.5 cm³/mol. The first-order valence-electron chi connectivity index (χ1n) is 4.52. The van der Waals surface area contributed by atoms with E-state index in [2.05, 4.69) is 20.9 Å². The van der Waals surface area contributed by atoms with Crippen molar-refractivity contribution in [1.82, 2.24) is 4.98 Å². The first kappa shape index (κ1) is 14.3. The van der Waals surface area contributed by atoms with Crippen LogP contribution in [0.3, 0.4) is 0 Å². The van der Waals surface area contributed by atoms with E-state index in [-0.39, 0.29) is 5.82 Å². The largest absolute Gasteiger partial charge is 0.476 e. The normalized spacial score (nSPS) is 11.7. The van der Waals surface area contributed by atoms with Crippen LogP contribution in [0.5, 0.6) is 0 Å². The SMILES string of the molecule is N/C=C(/C(=O)O)N(N)c1ncc(Br)cc1C(F)F. The lowest BCUT2D eigenvalue weighted by atomic mass is 10.2. The van der Waals surface area contributed by atoms with E-state index in [1.54, 1.807) is 0 Å². The van der Waals surface area contributed by atoms with E-state index in [1.165, 1.54) is 6.20 Å². The smallest absolute Gasteiger partial charge is 0.355 e. The zero-order valence-corrected chi connectivity index (χ0v) is 10.4. The molecule has 18 heavy (non-hydrogen) atoms. The molecule has 1 heterocycles. The topological polar surface area (TPSA) is 105 Å². The number of carboxylic acids is 1. The van der Waals surface area contributed by atoms with Gasteiger partial charge in [-0.25, -0.2) is 24.4 Å². The highest BCUT2D eigenvalue weighted by molar-refractivity contribution is 9.10. The molecule has 1 aromatic heterocycles. The van der Waals surface area contributed by atoms with E-state index in [4.69, 9.17) is 16.7 Å². The van der Waals surface area contributed by atoms with Crippen LogP contribution in [0.1, 0.15) is 12.0 Å². The fraction of sp³-hybridized carbons (Fsp3) is 0.111. The molecule has 0 saturated carbocycles. The second kappa shape index (κ2) is 5.74. The van der Waals surface area contributed by atoms with Gasteiger partial charge in [0.1, 0.15) is 0 Å². The number of hydrogen-bond acceptors (Lipinski definition) is 5. The number of hydrazine groups is 1. The van der Waals surface area contributed by atoms with Gasteiger partial charge >= 0.3 is 5.97 Å². The van der Waals surface area contributed by atoms with E-state index in [0.717, 1.165) is 6.07 Å². The minimum absolute atomic E-state index is 0.323. The van der Waals surface area contributed by atoms with Gasteiger partial charge in [0.2, 0.25) is 0 Å². The summed E-state index contributed by atoms with van der Waals surface area (Å²) >= 11 is 2.99. The minimum Gasteiger partial charge on any atom is -0.476 e. The number of aliphatic carboxylic acids is 1. The molecule has 0 bridgehead atoms. The van der Waals surface area contributed by atoms with Gasteiger partial charge in [0.05, 0.1) is 5.56 Å². The van der Waals surface area contributed by atoms with Crippen molar-refractivity contribution in [2.24, 2.45) is 11.6 Å². The van der Waals surface area contributed by atoms with E-state index in [0.29, 0.717) is 15.7 Å². The summed E-state index contributed by atoms with van der Waals surface area (Å²) in [7, 11) is 0. The van der Waals surface area contributed by atoms with Crippen LogP contribution in [0.25, 0.3) is 0 Å². The van der Waals surface area contributed by atoms with Gasteiger partial charge in [0.15, 0.2) is 11.5 Å². The fourth-order valence-electron chi connectivity index (χ4n) is 1.18. The van der Waals surface area contributed by atoms with E-state index in [9.17, 15) is 13.6 Å². The van der Waals surface area contributed by atoms with Crippen LogP contribution in [0.15, 0.2) is 28.6 Å². The van der Waals surface area contributed by atoms with Crippen LogP contribution >= 0.6 is 15.9 Å². The van der Waals surface area contributed by atoms with E-state index < -0.39 is 23.7 Å². The summed E-state index contributed by atoms with van der Waals surface area (Å²) in [5.74, 6) is 3.60. The summed E-state index contributed by atoms with van der Waals surface area (Å²) in [5.41, 5.74) is 4.01. The Kier molecular flexibility index (Phi) is 4.56. The molecule has 5 N–H and O–H groups in total. The Morgan fingerprint density at radius 1 is 1.61 bits per heavy atom. The highest BCUT2D eigenvalue weighted by Crippen LogP contribution is 2.30. The molecule has 9 heteroatoms. The summed E-state index contributed by atoms with van der Waals surface area (Å²) in [6.45, 7) is 0. The molecule has 0 saturated heterocycles. The molecular formula is C9H9BrF2N4O2. The number of pyridine rings is 1. The lowest BCUT2D eigenvalue weighted by Gasteiger charge is -2.20. The second-order valence-electron chi connectivity index (χ2n) is 3.09. The van der Waals surface area contributed by atoms with Crippen LogP contribution in [0.2, 0.25) is 0 Å². The lowest BCUT2D eigenvalue weighted by molar-refractivity contribution is -0.132. The molecule has 1 aromatic rings. The number of carboxylic acid groups (broad SMARTS) is 1. The maximum absolute atomic E-state index is 12.8. The second-order valence-corrected chi connectivity index (χ2v) is 4.01. The van der Waals surface area contributed by atoms with E-state index in [1.807, 2.05) is 0 Å². The molecule has 0 aliphatic rings. The summed E-state index contributed by atoms with van der Waals surface area (Å²) in [6.07, 6.45) is -0.942. The van der Waals surface area contributed by atoms with Crippen LogP contribution in [0.4, 0.5) is 14.6 Å². The van der Waals surface area contributed by atoms with Crippen molar-refractivity contribution in [2.45, 2.75) is 6.43 Å². The Labute approximate surface area is 109 Å². The molecule has 0 unspecified atom stereocenters. The third kappa shape index (κ3) is 2.93. The van der Waals surface area contributed by atoms with Crippen LogP contribution in [0, 0.1) is 0 Å². The predicted octanol–water partition coefficient (Wildman–Crippen LogP) is 1.35. The summed E-state index contributed by atoms with van der Waals surface area (Å²) in [6, 6.07) is 1.10. The molecule has 0 radical (unpaired) electrons. The molecule has 6 nitrogen and oxygen atoms in total. The molecule has 0 aliphatic heterocycles. The van der Waals surface area contributed by atoms with Crippen molar-refractivity contribution in [3.05, 3.63) is 34.2 Å². The van der Waals surface area contributed by atoms with Gasteiger partial charge in [-0.1, -0.05) is 0 Å². The molecule has 1 rings (SSSR count). The molecule has 0 amide bonds. The highest BCUT2D eigenvalue weighted by Gasteiger charge is 2.23. The van der Waals surface area contributed by atoms with Gasteiger partial charge in [0.25, 0.3) is 6.43 Å². The average molecular weight is 323 g/mol. The summed E-state index contributed by atoms with van der Waals surface area (Å²) in [4.78, 5) is 14.5. The number of nitrogens with zero attached hydrogens (tertiary/aromatic N) is 2. The average Bonchev–Trinajstić information content (AvgIpc) is 2.28. The molecule has 0 fully saturated rings. The number of carbonyl (C=O) groups is 1. The number of hydrogen-bond donors (Lipinski definition) is 3. The molecule has 0 aromatic carbocycles. The Hall–Kier alpha value is -1.74. The van der Waals surface area contributed by atoms with Crippen molar-refractivity contribution in [2.75, 3.05) is 5.01 Å². The van der Waals surface area contributed by atoms with Crippen molar-refractivity contribution >= 4 is 27.7 Å². The highest BCUT2D eigenvalue weighted by atomic mass is 79.9. The van der Waals surface area contributed by atoms with Crippen molar-refractivity contribution in [3.63, 3.8) is 0 Å². The van der Waals surface area contributed by atoms with Crippen molar-refractivity contribution in [1.29, 1.82) is 0 Å². The summed E-state index contributed by atoms with van der Waals surface area (Å²) in [5, 5.41) is 9.29. The third-order valence-electron chi connectivity index (χ3n) is 1.96. The van der Waals surface area contributed by atoms with Gasteiger partial charge in [-0.15, -0.1) is 0 Å². The van der Waals surface area contributed by atoms with Gasteiger partial charge in [-0.2, -0.15) is 0 Å². The number of nitrogens with two attached hydrogens (primary N) is 2. The zero-order valence-electron chi connectivity index (χ0n) is 8.85. The number of aromatic nitrogens is 1. The fourth-order valence-corrected chi connectivity index (χ4v) is 1.53. The third-order valence-corrected chi connectivity index (χ3v) is 2.40. The lowest BCUT2D eigenvalue weighted by Crippen LogP contribution is -2.36. The first-order chi connectivity index (χ1) is 8.38. The first-order valence-corrected chi connectivity index (χ1v) is 5.31. The number of alkyl halides is 2. The monoisotopic (exact) mass is 322 g/mol. The Morgan fingerprint density at radius 3 is 2.67 bits per heavy atom. The molecular weight excluding hydrogens is 314 g/mol. The van der Waals surface area contributed by atoms with Crippen molar-refractivity contribution < 1.29 is 18.7 Å². The van der Waals surface area contributed by atoms with Gasteiger partial charge in [-0.05, 0) is 22.0 Å². The number of anilines is 1. The van der Waals surface area contributed by atoms with Crippen molar-refractivity contribution in [3.8, 4) is 0 Å². The Morgan fingerprint density at radius 2 is 2.22 bits per heavy atom. The van der Waals surface area contributed by atoms with Gasteiger partial charge in [-0.3, -0.25) is 5.01 Å². The Balaban J connectivity index is 3.28. The van der Waals surface area contributed by atoms with E-state index >= 15 is 0 Å². The summed E-state index contributed by atoms with van der Waals surface area (Å²) < 4.78 is 25.9. The Bertz CT molecular complexity index is 495. The minimum atomic E-state index is -2.86.